The van der Waals surface area contributed by atoms with Crippen molar-refractivity contribution in [2.75, 3.05) is 7.11 Å². The maximum atomic E-state index is 13.0. The molecule has 1 N–H and O–H groups in total. The molecule has 0 saturated carbocycles. The van der Waals surface area contributed by atoms with Gasteiger partial charge in [0.25, 0.3) is 5.91 Å². The van der Waals surface area contributed by atoms with E-state index in [2.05, 4.69) is 5.32 Å². The van der Waals surface area contributed by atoms with Gasteiger partial charge in [0.15, 0.2) is 6.10 Å². The fraction of sp³-hybridized carbons (Fsp3) is 0.208. The minimum absolute atomic E-state index is 0.185. The molecule has 0 fully saturated rings. The highest BCUT2D eigenvalue weighted by Gasteiger charge is 2.21. The Morgan fingerprint density at radius 3 is 2.21 bits per heavy atom. The maximum Gasteiger partial charge on any atom is 0.254 e. The van der Waals surface area contributed by atoms with Gasteiger partial charge in [-0.25, -0.2) is 4.39 Å². The van der Waals surface area contributed by atoms with E-state index in [1.165, 1.54) is 19.2 Å². The zero-order valence-corrected chi connectivity index (χ0v) is 16.5. The van der Waals surface area contributed by atoms with Gasteiger partial charge in [0.2, 0.25) is 0 Å². The summed E-state index contributed by atoms with van der Waals surface area (Å²) in [6.45, 7) is 2.28. The topological polar surface area (TPSA) is 47.6 Å². The predicted octanol–water partition coefficient (Wildman–Crippen LogP) is 4.97. The minimum Gasteiger partial charge on any atom is -0.489 e. The first kappa shape index (κ1) is 20.6. The molecule has 0 aliphatic carbocycles. The SMILES string of the molecule is COC(C(=O)NC(C)c1ccc(OCc2ccc(F)cc2)cc1)c1ccccc1. The van der Waals surface area contributed by atoms with E-state index in [1.807, 2.05) is 61.5 Å². The molecule has 4 nitrogen and oxygen atoms in total. The number of halogens is 1. The highest BCUT2D eigenvalue weighted by molar-refractivity contribution is 5.82. The Hall–Kier alpha value is -3.18. The van der Waals surface area contributed by atoms with Crippen molar-refractivity contribution in [3.63, 3.8) is 0 Å². The summed E-state index contributed by atoms with van der Waals surface area (Å²) >= 11 is 0. The van der Waals surface area contributed by atoms with E-state index in [1.54, 1.807) is 12.1 Å². The molecule has 0 heterocycles. The van der Waals surface area contributed by atoms with Gasteiger partial charge in [-0.15, -0.1) is 0 Å². The van der Waals surface area contributed by atoms with Gasteiger partial charge in [-0.3, -0.25) is 4.79 Å². The zero-order chi connectivity index (χ0) is 20.6. The monoisotopic (exact) mass is 393 g/mol. The quantitative estimate of drug-likeness (QED) is 0.588. The molecular formula is C24H24FNO3. The molecule has 0 bridgehead atoms. The molecule has 3 aromatic carbocycles. The maximum absolute atomic E-state index is 13.0. The second kappa shape index (κ2) is 9.85. The summed E-state index contributed by atoms with van der Waals surface area (Å²) in [6, 6.07) is 22.9. The number of ether oxygens (including phenoxy) is 2. The summed E-state index contributed by atoms with van der Waals surface area (Å²) < 4.78 is 24.1. The van der Waals surface area contributed by atoms with E-state index in [0.717, 1.165) is 16.7 Å². The van der Waals surface area contributed by atoms with Crippen LogP contribution in [0.3, 0.4) is 0 Å². The Labute approximate surface area is 170 Å². The number of amides is 1. The lowest BCUT2D eigenvalue weighted by atomic mass is 10.1. The van der Waals surface area contributed by atoms with Crippen molar-refractivity contribution in [2.45, 2.75) is 25.7 Å². The molecule has 5 heteroatoms. The van der Waals surface area contributed by atoms with Gasteiger partial charge in [0.1, 0.15) is 18.2 Å². The average Bonchev–Trinajstić information content (AvgIpc) is 2.75. The molecule has 0 aliphatic rings. The van der Waals surface area contributed by atoms with Crippen molar-refractivity contribution < 1.29 is 18.7 Å². The van der Waals surface area contributed by atoms with E-state index in [-0.39, 0.29) is 17.8 Å². The summed E-state index contributed by atoms with van der Waals surface area (Å²) in [5.74, 6) is 0.246. The van der Waals surface area contributed by atoms with Crippen LogP contribution in [0.1, 0.15) is 35.8 Å². The number of carbonyl (C=O) groups excluding carboxylic acids is 1. The third kappa shape index (κ3) is 5.65. The Morgan fingerprint density at radius 1 is 0.931 bits per heavy atom. The Balaban J connectivity index is 1.57. The molecule has 0 aromatic heterocycles. The molecule has 29 heavy (non-hydrogen) atoms. The lowest BCUT2D eigenvalue weighted by Crippen LogP contribution is -2.32. The van der Waals surface area contributed by atoms with Crippen LogP contribution in [0.4, 0.5) is 4.39 Å². The number of hydrogen-bond donors (Lipinski definition) is 1. The molecule has 150 valence electrons. The van der Waals surface area contributed by atoms with Gasteiger partial charge in [0, 0.05) is 7.11 Å². The van der Waals surface area contributed by atoms with E-state index < -0.39 is 6.10 Å². The third-order valence-electron chi connectivity index (χ3n) is 4.63. The first-order valence-electron chi connectivity index (χ1n) is 9.42. The minimum atomic E-state index is -0.656. The molecule has 3 rings (SSSR count). The molecule has 0 spiro atoms. The normalized spacial score (nSPS) is 12.8. The van der Waals surface area contributed by atoms with E-state index in [9.17, 15) is 9.18 Å². The smallest absolute Gasteiger partial charge is 0.254 e. The number of nitrogens with one attached hydrogen (secondary N) is 1. The third-order valence-corrected chi connectivity index (χ3v) is 4.63. The van der Waals surface area contributed by atoms with E-state index in [0.29, 0.717) is 12.4 Å². The fourth-order valence-corrected chi connectivity index (χ4v) is 2.99. The van der Waals surface area contributed by atoms with E-state index >= 15 is 0 Å². The molecule has 0 saturated heterocycles. The van der Waals surface area contributed by atoms with Crippen LogP contribution in [-0.2, 0) is 16.1 Å². The van der Waals surface area contributed by atoms with Gasteiger partial charge in [-0.05, 0) is 47.9 Å². The van der Waals surface area contributed by atoms with Crippen molar-refractivity contribution in [1.82, 2.24) is 5.32 Å². The largest absolute Gasteiger partial charge is 0.489 e. The molecule has 2 atom stereocenters. The van der Waals surface area contributed by atoms with Gasteiger partial charge in [0.05, 0.1) is 6.04 Å². The number of rotatable bonds is 8. The summed E-state index contributed by atoms with van der Waals surface area (Å²) in [5.41, 5.74) is 2.65. The predicted molar refractivity (Wildman–Crippen MR) is 110 cm³/mol. The summed E-state index contributed by atoms with van der Waals surface area (Å²) in [5, 5.41) is 2.99. The first-order chi connectivity index (χ1) is 14.1. The Morgan fingerprint density at radius 2 is 1.59 bits per heavy atom. The molecule has 0 radical (unpaired) electrons. The lowest BCUT2D eigenvalue weighted by Gasteiger charge is -2.20. The van der Waals surface area contributed by atoms with Crippen molar-refractivity contribution in [3.8, 4) is 5.75 Å². The standard InChI is InChI=1S/C24H24FNO3/c1-17(26-24(27)23(28-2)20-6-4-3-5-7-20)19-10-14-22(15-11-19)29-16-18-8-12-21(25)13-9-18/h3-15,17,23H,16H2,1-2H3,(H,26,27). The van der Waals surface area contributed by atoms with Crippen LogP contribution in [0.25, 0.3) is 0 Å². The lowest BCUT2D eigenvalue weighted by molar-refractivity contribution is -0.132. The van der Waals surface area contributed by atoms with Crippen LogP contribution >= 0.6 is 0 Å². The van der Waals surface area contributed by atoms with Gasteiger partial charge < -0.3 is 14.8 Å². The van der Waals surface area contributed by atoms with Crippen molar-refractivity contribution in [2.24, 2.45) is 0 Å². The van der Waals surface area contributed by atoms with Crippen LogP contribution in [0.5, 0.6) is 5.75 Å². The van der Waals surface area contributed by atoms with Crippen LogP contribution < -0.4 is 10.1 Å². The Bertz CT molecular complexity index is 911. The van der Waals surface area contributed by atoms with Crippen molar-refractivity contribution in [3.05, 3.63) is 101 Å². The number of benzene rings is 3. The average molecular weight is 393 g/mol. The second-order valence-corrected chi connectivity index (χ2v) is 6.74. The molecular weight excluding hydrogens is 369 g/mol. The molecule has 1 amide bonds. The van der Waals surface area contributed by atoms with Crippen molar-refractivity contribution >= 4 is 5.91 Å². The van der Waals surface area contributed by atoms with E-state index in [4.69, 9.17) is 9.47 Å². The molecule has 0 aliphatic heterocycles. The van der Waals surface area contributed by atoms with Crippen LogP contribution in [-0.4, -0.2) is 13.0 Å². The summed E-state index contributed by atoms with van der Waals surface area (Å²) in [7, 11) is 1.52. The number of carbonyl (C=O) groups is 1. The number of methoxy groups -OCH3 is 1. The second-order valence-electron chi connectivity index (χ2n) is 6.74. The van der Waals surface area contributed by atoms with Crippen LogP contribution in [0.2, 0.25) is 0 Å². The van der Waals surface area contributed by atoms with Gasteiger partial charge in [-0.2, -0.15) is 0 Å². The van der Waals surface area contributed by atoms with Gasteiger partial charge in [-0.1, -0.05) is 54.6 Å². The van der Waals surface area contributed by atoms with Crippen molar-refractivity contribution in [1.29, 1.82) is 0 Å². The fourth-order valence-electron chi connectivity index (χ4n) is 2.99. The van der Waals surface area contributed by atoms with Crippen LogP contribution in [0, 0.1) is 5.82 Å². The highest BCUT2D eigenvalue weighted by atomic mass is 19.1. The van der Waals surface area contributed by atoms with Gasteiger partial charge >= 0.3 is 0 Å². The molecule has 3 aromatic rings. The molecule has 2 unspecified atom stereocenters. The summed E-state index contributed by atoms with van der Waals surface area (Å²) in [6.07, 6.45) is -0.656. The zero-order valence-electron chi connectivity index (χ0n) is 16.5. The first-order valence-corrected chi connectivity index (χ1v) is 9.42. The summed E-state index contributed by atoms with van der Waals surface area (Å²) in [4.78, 5) is 12.6. The Kier molecular flexibility index (Phi) is 6.98. The van der Waals surface area contributed by atoms with Crippen LogP contribution in [0.15, 0.2) is 78.9 Å². The number of hydrogen-bond acceptors (Lipinski definition) is 3. The highest BCUT2D eigenvalue weighted by Crippen LogP contribution is 2.21.